The number of rotatable bonds is 7. The summed E-state index contributed by atoms with van der Waals surface area (Å²) in [5, 5.41) is 9.75. The van der Waals surface area contributed by atoms with Crippen LogP contribution in [0.1, 0.15) is 18.6 Å². The summed E-state index contributed by atoms with van der Waals surface area (Å²) in [6.45, 7) is 2.15. The van der Waals surface area contributed by atoms with Gasteiger partial charge in [-0.15, -0.1) is 0 Å². The second-order valence-electron chi connectivity index (χ2n) is 3.37. The Balaban J connectivity index is 2.25. The second kappa shape index (κ2) is 7.01. The van der Waals surface area contributed by atoms with Crippen molar-refractivity contribution in [2.24, 2.45) is 0 Å². The van der Waals surface area contributed by atoms with Crippen molar-refractivity contribution in [1.82, 2.24) is 0 Å². The molecule has 16 heavy (non-hydrogen) atoms. The first-order chi connectivity index (χ1) is 7.74. The third-order valence-corrected chi connectivity index (χ3v) is 2.09. The maximum absolute atomic E-state index is 10.0. The second-order valence-corrected chi connectivity index (χ2v) is 3.37. The maximum atomic E-state index is 10.0. The van der Waals surface area contributed by atoms with E-state index in [1.54, 1.807) is 26.2 Å². The highest BCUT2D eigenvalue weighted by Gasteiger charge is 2.09. The summed E-state index contributed by atoms with van der Waals surface area (Å²) < 4.78 is 4.66. The molecule has 0 saturated heterocycles. The summed E-state index contributed by atoms with van der Waals surface area (Å²) in [6, 6.07) is 9.33. The molecule has 0 aromatic heterocycles. The molecule has 0 amide bonds. The Bertz CT molecular complexity index is 297. The highest BCUT2D eigenvalue weighted by atomic mass is 16.5. The van der Waals surface area contributed by atoms with Crippen LogP contribution in [0.4, 0.5) is 0 Å². The van der Waals surface area contributed by atoms with Crippen LogP contribution in [0.15, 0.2) is 30.3 Å². The smallest absolute Gasteiger partial charge is 0.293 e. The number of aliphatic hydroxyl groups is 1. The minimum atomic E-state index is -0.638. The molecule has 0 heterocycles. The van der Waals surface area contributed by atoms with Gasteiger partial charge in [0.15, 0.2) is 0 Å². The molecule has 85 valence electrons. The molecule has 3 heteroatoms. The molecule has 1 aromatic rings. The molecule has 2 atom stereocenters. The van der Waals surface area contributed by atoms with E-state index in [9.17, 15) is 9.90 Å². The van der Waals surface area contributed by atoms with E-state index in [4.69, 9.17) is 0 Å². The van der Waals surface area contributed by atoms with Gasteiger partial charge in [0.25, 0.3) is 6.47 Å². The first kappa shape index (κ1) is 12.7. The number of hydrogen-bond donors (Lipinski definition) is 1. The first-order valence-electron chi connectivity index (χ1n) is 5.08. The highest BCUT2D eigenvalue weighted by molar-refractivity contribution is 5.37. The van der Waals surface area contributed by atoms with Gasteiger partial charge in [0.05, 0.1) is 6.10 Å². The zero-order valence-electron chi connectivity index (χ0n) is 9.11. The molecule has 0 aliphatic heterocycles. The van der Waals surface area contributed by atoms with Crippen LogP contribution < -0.4 is 0 Å². The summed E-state index contributed by atoms with van der Waals surface area (Å²) >= 11 is 0. The van der Waals surface area contributed by atoms with Crippen LogP contribution in [-0.2, 0) is 9.53 Å². The van der Waals surface area contributed by atoms with Gasteiger partial charge in [0, 0.05) is 6.42 Å². The maximum Gasteiger partial charge on any atom is 0.293 e. The van der Waals surface area contributed by atoms with Crippen LogP contribution in [0.3, 0.4) is 0 Å². The molecule has 0 bridgehead atoms. The van der Waals surface area contributed by atoms with E-state index in [-0.39, 0.29) is 6.10 Å². The van der Waals surface area contributed by atoms with Gasteiger partial charge in [-0.2, -0.15) is 0 Å². The first-order valence-corrected chi connectivity index (χ1v) is 5.08. The standard InChI is InChI=1S/C13H15O3/c1-11(16-10-14)6-5-9-13(15)12-7-3-2-4-8-12/h2-11,13,15H,1H3/t11-,13-/m1/s1. The van der Waals surface area contributed by atoms with Crippen molar-refractivity contribution in [3.05, 3.63) is 55.2 Å². The van der Waals surface area contributed by atoms with Crippen molar-refractivity contribution in [2.75, 3.05) is 0 Å². The van der Waals surface area contributed by atoms with Gasteiger partial charge in [0.1, 0.15) is 6.10 Å². The van der Waals surface area contributed by atoms with Crippen LogP contribution in [-0.4, -0.2) is 17.7 Å². The zero-order valence-corrected chi connectivity index (χ0v) is 9.11. The molecule has 0 aliphatic carbocycles. The van der Waals surface area contributed by atoms with Gasteiger partial charge in [-0.1, -0.05) is 30.3 Å². The summed E-state index contributed by atoms with van der Waals surface area (Å²) in [5.74, 6) is 0. The lowest BCUT2D eigenvalue weighted by atomic mass is 10.0. The average Bonchev–Trinajstić information content (AvgIpc) is 2.30. The number of carbonyl (C=O) groups is 1. The van der Waals surface area contributed by atoms with E-state index in [1.165, 1.54) is 0 Å². The third-order valence-electron chi connectivity index (χ3n) is 2.09. The molecule has 0 aliphatic rings. The van der Waals surface area contributed by atoms with Gasteiger partial charge in [-0.05, 0) is 25.3 Å². The molecule has 3 nitrogen and oxygen atoms in total. The summed E-state index contributed by atoms with van der Waals surface area (Å²) in [5.41, 5.74) is 0.830. The fourth-order valence-electron chi connectivity index (χ4n) is 1.22. The molecule has 0 spiro atoms. The third kappa shape index (κ3) is 4.45. The van der Waals surface area contributed by atoms with E-state index >= 15 is 0 Å². The van der Waals surface area contributed by atoms with Crippen molar-refractivity contribution in [1.29, 1.82) is 0 Å². The monoisotopic (exact) mass is 219 g/mol. The molecule has 0 fully saturated rings. The predicted molar refractivity (Wildman–Crippen MR) is 60.9 cm³/mol. The minimum absolute atomic E-state index is 0.281. The molecule has 1 aromatic carbocycles. The number of hydrogen-bond acceptors (Lipinski definition) is 3. The Labute approximate surface area is 96.1 Å². The van der Waals surface area contributed by atoms with Gasteiger partial charge in [0.2, 0.25) is 0 Å². The van der Waals surface area contributed by atoms with Crippen molar-refractivity contribution in [3.8, 4) is 0 Å². The number of aliphatic hydroxyl groups excluding tert-OH is 1. The van der Waals surface area contributed by atoms with Crippen LogP contribution in [0, 0.1) is 19.3 Å². The Kier molecular flexibility index (Phi) is 5.57. The lowest BCUT2D eigenvalue weighted by Gasteiger charge is -2.12. The molecule has 3 radical (unpaired) electrons. The fourth-order valence-corrected chi connectivity index (χ4v) is 1.22. The van der Waals surface area contributed by atoms with E-state index in [0.29, 0.717) is 6.47 Å². The van der Waals surface area contributed by atoms with E-state index in [1.807, 2.05) is 30.3 Å². The van der Waals surface area contributed by atoms with Crippen molar-refractivity contribution in [3.63, 3.8) is 0 Å². The highest BCUT2D eigenvalue weighted by Crippen LogP contribution is 2.17. The number of carbonyl (C=O) groups excluding carboxylic acids is 1. The van der Waals surface area contributed by atoms with Crippen molar-refractivity contribution < 1.29 is 14.6 Å². The van der Waals surface area contributed by atoms with Crippen LogP contribution in [0.5, 0.6) is 0 Å². The molecule has 0 saturated carbocycles. The molecule has 1 rings (SSSR count). The Hall–Kier alpha value is -1.35. The summed E-state index contributed by atoms with van der Waals surface area (Å²) in [4.78, 5) is 10.0. The van der Waals surface area contributed by atoms with Gasteiger partial charge >= 0.3 is 0 Å². The largest absolute Gasteiger partial charge is 0.465 e. The molecular formula is C13H15O3. The summed E-state index contributed by atoms with van der Waals surface area (Å²) in [7, 11) is 0. The van der Waals surface area contributed by atoms with E-state index in [2.05, 4.69) is 4.74 Å². The predicted octanol–water partition coefficient (Wildman–Crippen LogP) is 1.89. The topological polar surface area (TPSA) is 46.5 Å². The van der Waals surface area contributed by atoms with E-state index < -0.39 is 6.10 Å². The molecular weight excluding hydrogens is 204 g/mol. The zero-order chi connectivity index (χ0) is 11.8. The fraction of sp³-hybridized carbons (Fsp3) is 0.231. The number of ether oxygens (including phenoxy) is 1. The quantitative estimate of drug-likeness (QED) is 0.712. The van der Waals surface area contributed by atoms with Crippen LogP contribution >= 0.6 is 0 Å². The average molecular weight is 219 g/mol. The van der Waals surface area contributed by atoms with Gasteiger partial charge in [-0.3, -0.25) is 4.79 Å². The Morgan fingerprint density at radius 1 is 1.25 bits per heavy atom. The van der Waals surface area contributed by atoms with Crippen LogP contribution in [0.25, 0.3) is 0 Å². The lowest BCUT2D eigenvalue weighted by Crippen LogP contribution is -2.09. The minimum Gasteiger partial charge on any atom is -0.465 e. The Morgan fingerprint density at radius 2 is 1.94 bits per heavy atom. The van der Waals surface area contributed by atoms with Crippen molar-refractivity contribution >= 4 is 6.47 Å². The van der Waals surface area contributed by atoms with E-state index in [0.717, 1.165) is 5.56 Å². The number of benzene rings is 1. The molecule has 1 N–H and O–H groups in total. The molecule has 0 unspecified atom stereocenters. The van der Waals surface area contributed by atoms with Crippen LogP contribution in [0.2, 0.25) is 0 Å². The summed E-state index contributed by atoms with van der Waals surface area (Å²) in [6.07, 6.45) is 4.10. The van der Waals surface area contributed by atoms with Gasteiger partial charge < -0.3 is 9.84 Å². The SMILES string of the molecule is C[C@H]([CH][CH][CH][C@@H](O)c1ccccc1)OC=O. The Morgan fingerprint density at radius 3 is 2.56 bits per heavy atom. The van der Waals surface area contributed by atoms with Crippen molar-refractivity contribution in [2.45, 2.75) is 19.1 Å². The normalized spacial score (nSPS) is 14.1. The van der Waals surface area contributed by atoms with Gasteiger partial charge in [-0.25, -0.2) is 0 Å². The lowest BCUT2D eigenvalue weighted by molar-refractivity contribution is -0.131.